The first kappa shape index (κ1) is 12.8. The summed E-state index contributed by atoms with van der Waals surface area (Å²) >= 11 is 0. The first-order valence-corrected chi connectivity index (χ1v) is 6.12. The summed E-state index contributed by atoms with van der Waals surface area (Å²) < 4.78 is 1.93. The summed E-state index contributed by atoms with van der Waals surface area (Å²) in [6.45, 7) is 2.61. The second kappa shape index (κ2) is 5.33. The number of rotatable bonds is 4. The average molecular weight is 244 g/mol. The van der Waals surface area contributed by atoms with Crippen molar-refractivity contribution in [2.45, 2.75) is 13.0 Å². The molecular formula is C14H20N4. The van der Waals surface area contributed by atoms with Gasteiger partial charge in [0.15, 0.2) is 0 Å². The van der Waals surface area contributed by atoms with Gasteiger partial charge in [0.2, 0.25) is 0 Å². The van der Waals surface area contributed by atoms with Crippen LogP contribution in [-0.4, -0.2) is 35.2 Å². The van der Waals surface area contributed by atoms with E-state index in [4.69, 9.17) is 5.73 Å². The Morgan fingerprint density at radius 3 is 2.89 bits per heavy atom. The molecule has 4 heteroatoms. The van der Waals surface area contributed by atoms with Crippen molar-refractivity contribution in [2.75, 3.05) is 20.6 Å². The largest absolute Gasteiger partial charge is 0.327 e. The first-order chi connectivity index (χ1) is 8.65. The molecule has 0 aliphatic heterocycles. The van der Waals surface area contributed by atoms with E-state index < -0.39 is 0 Å². The summed E-state index contributed by atoms with van der Waals surface area (Å²) in [5.41, 5.74) is 9.00. The van der Waals surface area contributed by atoms with E-state index >= 15 is 0 Å². The first-order valence-electron chi connectivity index (χ1n) is 6.12. The SMILES string of the molecule is Cc1nn2ccccc2c1C(/C=C\CN)N(C)C. The zero-order valence-corrected chi connectivity index (χ0v) is 11.2. The fourth-order valence-electron chi connectivity index (χ4n) is 2.24. The summed E-state index contributed by atoms with van der Waals surface area (Å²) in [6, 6.07) is 6.33. The van der Waals surface area contributed by atoms with Gasteiger partial charge < -0.3 is 5.73 Å². The van der Waals surface area contributed by atoms with Gasteiger partial charge in [-0.05, 0) is 33.2 Å². The Kier molecular flexibility index (Phi) is 3.79. The lowest BCUT2D eigenvalue weighted by atomic mass is 10.0. The van der Waals surface area contributed by atoms with Gasteiger partial charge in [0, 0.05) is 18.3 Å². The van der Waals surface area contributed by atoms with Gasteiger partial charge in [-0.2, -0.15) is 5.10 Å². The molecule has 0 aromatic carbocycles. The van der Waals surface area contributed by atoms with Gasteiger partial charge in [0.05, 0.1) is 17.3 Å². The van der Waals surface area contributed by atoms with Crippen molar-refractivity contribution in [3.05, 3.63) is 47.8 Å². The number of hydrogen-bond donors (Lipinski definition) is 1. The fraction of sp³-hybridized carbons (Fsp3) is 0.357. The topological polar surface area (TPSA) is 46.6 Å². The molecule has 18 heavy (non-hydrogen) atoms. The van der Waals surface area contributed by atoms with Crippen LogP contribution in [0.2, 0.25) is 0 Å². The summed E-state index contributed by atoms with van der Waals surface area (Å²) in [5.74, 6) is 0. The Balaban J connectivity index is 2.56. The van der Waals surface area contributed by atoms with E-state index in [9.17, 15) is 0 Å². The average Bonchev–Trinajstić information content (AvgIpc) is 2.66. The molecule has 1 unspecified atom stereocenters. The van der Waals surface area contributed by atoms with E-state index in [2.05, 4.69) is 43.2 Å². The highest BCUT2D eigenvalue weighted by Crippen LogP contribution is 2.27. The van der Waals surface area contributed by atoms with Crippen molar-refractivity contribution in [2.24, 2.45) is 5.73 Å². The molecule has 0 fully saturated rings. The third-order valence-corrected chi connectivity index (χ3v) is 3.07. The van der Waals surface area contributed by atoms with Crippen LogP contribution < -0.4 is 5.73 Å². The fourth-order valence-corrected chi connectivity index (χ4v) is 2.24. The Bertz CT molecular complexity index is 554. The van der Waals surface area contributed by atoms with Crippen molar-refractivity contribution >= 4 is 5.52 Å². The van der Waals surface area contributed by atoms with Gasteiger partial charge in [-0.1, -0.05) is 18.2 Å². The standard InChI is InChI=1S/C14H20N4/c1-11-14(12(17(2)3)8-6-9-15)13-7-4-5-10-18(13)16-11/h4-8,10,12H,9,15H2,1-3H3/b8-6-. The van der Waals surface area contributed by atoms with Crippen LogP contribution in [0.4, 0.5) is 0 Å². The van der Waals surface area contributed by atoms with Crippen LogP contribution in [0.3, 0.4) is 0 Å². The molecule has 0 aliphatic rings. The zero-order valence-electron chi connectivity index (χ0n) is 11.2. The van der Waals surface area contributed by atoms with E-state index in [0.717, 1.165) is 11.2 Å². The van der Waals surface area contributed by atoms with Gasteiger partial charge in [-0.3, -0.25) is 4.90 Å². The lowest BCUT2D eigenvalue weighted by Crippen LogP contribution is -2.19. The third kappa shape index (κ3) is 2.30. The maximum atomic E-state index is 5.55. The Hall–Kier alpha value is -1.65. The number of likely N-dealkylation sites (N-methyl/N-ethyl adjacent to an activating group) is 1. The van der Waals surface area contributed by atoms with E-state index in [-0.39, 0.29) is 6.04 Å². The number of hydrogen-bond acceptors (Lipinski definition) is 3. The van der Waals surface area contributed by atoms with Gasteiger partial charge in [0.1, 0.15) is 0 Å². The number of pyridine rings is 1. The van der Waals surface area contributed by atoms with Crippen LogP contribution >= 0.6 is 0 Å². The van der Waals surface area contributed by atoms with Gasteiger partial charge in [-0.25, -0.2) is 4.52 Å². The van der Waals surface area contributed by atoms with Gasteiger partial charge in [0.25, 0.3) is 0 Å². The summed E-state index contributed by atoms with van der Waals surface area (Å²) in [4.78, 5) is 2.17. The molecular weight excluding hydrogens is 224 g/mol. The molecule has 0 amide bonds. The molecule has 0 spiro atoms. The summed E-state index contributed by atoms with van der Waals surface area (Å²) in [6.07, 6.45) is 6.11. The Morgan fingerprint density at radius 1 is 1.44 bits per heavy atom. The highest BCUT2D eigenvalue weighted by atomic mass is 15.2. The molecule has 2 rings (SSSR count). The second-order valence-corrected chi connectivity index (χ2v) is 4.60. The minimum absolute atomic E-state index is 0.202. The van der Waals surface area contributed by atoms with Crippen molar-refractivity contribution in [1.82, 2.24) is 14.5 Å². The second-order valence-electron chi connectivity index (χ2n) is 4.60. The van der Waals surface area contributed by atoms with E-state index in [1.54, 1.807) is 0 Å². The van der Waals surface area contributed by atoms with Crippen molar-refractivity contribution in [1.29, 1.82) is 0 Å². The van der Waals surface area contributed by atoms with Gasteiger partial charge >= 0.3 is 0 Å². The zero-order chi connectivity index (χ0) is 13.1. The third-order valence-electron chi connectivity index (χ3n) is 3.07. The quantitative estimate of drug-likeness (QED) is 0.834. The van der Waals surface area contributed by atoms with E-state index in [1.165, 1.54) is 5.56 Å². The smallest absolute Gasteiger partial charge is 0.0715 e. The Labute approximate surface area is 108 Å². The van der Waals surface area contributed by atoms with Crippen LogP contribution in [0.5, 0.6) is 0 Å². The Morgan fingerprint density at radius 2 is 2.22 bits per heavy atom. The van der Waals surface area contributed by atoms with Crippen LogP contribution in [0.15, 0.2) is 36.5 Å². The molecule has 2 N–H and O–H groups in total. The molecule has 4 nitrogen and oxygen atoms in total. The minimum Gasteiger partial charge on any atom is -0.327 e. The minimum atomic E-state index is 0.202. The normalized spacial score (nSPS) is 13.8. The van der Waals surface area contributed by atoms with Crippen LogP contribution in [-0.2, 0) is 0 Å². The maximum absolute atomic E-state index is 5.55. The highest BCUT2D eigenvalue weighted by Gasteiger charge is 2.18. The number of aryl methyl sites for hydroxylation is 1. The lowest BCUT2D eigenvalue weighted by Gasteiger charge is -2.21. The molecule has 2 aromatic rings. The maximum Gasteiger partial charge on any atom is 0.0715 e. The van der Waals surface area contributed by atoms with E-state index in [0.29, 0.717) is 6.54 Å². The lowest BCUT2D eigenvalue weighted by molar-refractivity contribution is 0.351. The highest BCUT2D eigenvalue weighted by molar-refractivity contribution is 5.58. The summed E-state index contributed by atoms with van der Waals surface area (Å²) in [7, 11) is 4.13. The molecule has 96 valence electrons. The summed E-state index contributed by atoms with van der Waals surface area (Å²) in [5, 5.41) is 4.55. The van der Waals surface area contributed by atoms with E-state index in [1.807, 2.05) is 28.9 Å². The van der Waals surface area contributed by atoms with Crippen LogP contribution in [0.1, 0.15) is 17.3 Å². The monoisotopic (exact) mass is 244 g/mol. The molecule has 0 saturated carbocycles. The molecule has 0 saturated heterocycles. The number of nitrogens with two attached hydrogens (primary N) is 1. The van der Waals surface area contributed by atoms with Crippen molar-refractivity contribution in [3.8, 4) is 0 Å². The van der Waals surface area contributed by atoms with Crippen molar-refractivity contribution < 1.29 is 0 Å². The number of nitrogens with zero attached hydrogens (tertiary/aromatic N) is 3. The molecule has 2 aromatic heterocycles. The van der Waals surface area contributed by atoms with Crippen molar-refractivity contribution in [3.63, 3.8) is 0 Å². The number of fused-ring (bicyclic) bond motifs is 1. The molecule has 0 aliphatic carbocycles. The molecule has 2 heterocycles. The number of aromatic nitrogens is 2. The van der Waals surface area contributed by atoms with Crippen LogP contribution in [0.25, 0.3) is 5.52 Å². The molecule has 1 atom stereocenters. The molecule has 0 bridgehead atoms. The van der Waals surface area contributed by atoms with Crippen LogP contribution in [0, 0.1) is 6.92 Å². The molecule has 0 radical (unpaired) electrons. The van der Waals surface area contributed by atoms with Gasteiger partial charge in [-0.15, -0.1) is 0 Å². The predicted octanol–water partition coefficient (Wildman–Crippen LogP) is 1.76. The predicted molar refractivity (Wildman–Crippen MR) is 74.6 cm³/mol.